The normalized spacial score (nSPS) is 11.0. The Labute approximate surface area is 130 Å². The van der Waals surface area contributed by atoms with Gasteiger partial charge in [-0.25, -0.2) is 4.98 Å². The average Bonchev–Trinajstić information content (AvgIpc) is 3.10. The molecule has 0 aliphatic carbocycles. The Morgan fingerprint density at radius 3 is 2.91 bits per heavy atom. The molecule has 0 radical (unpaired) electrons. The van der Waals surface area contributed by atoms with Crippen LogP contribution in [0, 0.1) is 13.8 Å². The van der Waals surface area contributed by atoms with Crippen LogP contribution in [0.2, 0.25) is 0 Å². The summed E-state index contributed by atoms with van der Waals surface area (Å²) in [5.41, 5.74) is 0.548. The van der Waals surface area contributed by atoms with Crippen molar-refractivity contribution in [3.63, 3.8) is 0 Å². The van der Waals surface area contributed by atoms with Crippen LogP contribution in [-0.4, -0.2) is 15.5 Å². The number of nitrogens with zero attached hydrogens (tertiary/aromatic N) is 2. The highest BCUT2D eigenvalue weighted by Crippen LogP contribution is 2.27. The second-order valence-corrected chi connectivity index (χ2v) is 6.02. The fourth-order valence-electron chi connectivity index (χ4n) is 2.24. The summed E-state index contributed by atoms with van der Waals surface area (Å²) < 4.78 is 6.68. The van der Waals surface area contributed by atoms with Crippen LogP contribution in [0.4, 0.5) is 0 Å². The number of aromatic nitrogens is 2. The molecule has 3 heterocycles. The van der Waals surface area contributed by atoms with Gasteiger partial charge in [-0.2, -0.15) is 0 Å². The summed E-state index contributed by atoms with van der Waals surface area (Å²) in [5.74, 6) is 1.08. The summed E-state index contributed by atoms with van der Waals surface area (Å²) in [6.45, 7) is 3.86. The Bertz CT molecular complexity index is 906. The first-order valence-electron chi connectivity index (χ1n) is 6.76. The minimum Gasteiger partial charge on any atom is -0.467 e. The molecular weight excluding hydrogens is 302 g/mol. The monoisotopic (exact) mass is 317 g/mol. The largest absolute Gasteiger partial charge is 0.467 e. The molecule has 6 nitrogen and oxygen atoms in total. The van der Waals surface area contributed by atoms with Crippen LogP contribution in [0.3, 0.4) is 0 Å². The number of carbonyl (C=O) groups is 1. The topological polar surface area (TPSA) is 77.1 Å². The van der Waals surface area contributed by atoms with E-state index in [1.54, 1.807) is 39.3 Å². The quantitative estimate of drug-likeness (QED) is 0.803. The maximum atomic E-state index is 12.3. The zero-order valence-corrected chi connectivity index (χ0v) is 13.3. The predicted octanol–water partition coefficient (Wildman–Crippen LogP) is 2.13. The van der Waals surface area contributed by atoms with Crippen molar-refractivity contribution in [2.45, 2.75) is 20.4 Å². The minimum absolute atomic E-state index is 0.124. The van der Waals surface area contributed by atoms with E-state index in [1.165, 1.54) is 15.9 Å². The first-order valence-corrected chi connectivity index (χ1v) is 7.58. The van der Waals surface area contributed by atoms with Gasteiger partial charge in [0.25, 0.3) is 11.5 Å². The van der Waals surface area contributed by atoms with Crippen LogP contribution in [0.5, 0.6) is 0 Å². The van der Waals surface area contributed by atoms with Gasteiger partial charge in [-0.1, -0.05) is 0 Å². The van der Waals surface area contributed by atoms with Crippen molar-refractivity contribution in [3.8, 4) is 0 Å². The van der Waals surface area contributed by atoms with Gasteiger partial charge in [-0.15, -0.1) is 11.3 Å². The van der Waals surface area contributed by atoms with Crippen molar-refractivity contribution in [1.82, 2.24) is 14.9 Å². The van der Waals surface area contributed by atoms with Crippen molar-refractivity contribution in [3.05, 3.63) is 50.8 Å². The highest BCUT2D eigenvalue weighted by atomic mass is 32.1. The number of thiophene rings is 1. The summed E-state index contributed by atoms with van der Waals surface area (Å²) in [7, 11) is 1.68. The van der Waals surface area contributed by atoms with Crippen LogP contribution in [0.25, 0.3) is 10.2 Å². The lowest BCUT2D eigenvalue weighted by Gasteiger charge is -2.02. The van der Waals surface area contributed by atoms with E-state index in [-0.39, 0.29) is 11.5 Å². The van der Waals surface area contributed by atoms with Gasteiger partial charge in [-0.3, -0.25) is 14.2 Å². The van der Waals surface area contributed by atoms with Gasteiger partial charge in [0.2, 0.25) is 0 Å². The molecule has 1 N–H and O–H groups in total. The molecule has 0 atom stereocenters. The van der Waals surface area contributed by atoms with Crippen molar-refractivity contribution in [2.75, 3.05) is 0 Å². The first kappa shape index (κ1) is 14.5. The van der Waals surface area contributed by atoms with Gasteiger partial charge in [-0.05, 0) is 31.5 Å². The molecule has 3 aromatic heterocycles. The number of hydrogen-bond donors (Lipinski definition) is 1. The maximum absolute atomic E-state index is 12.3. The van der Waals surface area contributed by atoms with E-state index < -0.39 is 0 Å². The molecule has 0 fully saturated rings. The molecule has 114 valence electrons. The Hall–Kier alpha value is -2.41. The predicted molar refractivity (Wildman–Crippen MR) is 84.2 cm³/mol. The lowest BCUT2D eigenvalue weighted by atomic mass is 10.2. The van der Waals surface area contributed by atoms with Gasteiger partial charge in [0, 0.05) is 7.05 Å². The molecule has 0 aliphatic heterocycles. The van der Waals surface area contributed by atoms with Gasteiger partial charge in [0.1, 0.15) is 16.4 Å². The van der Waals surface area contributed by atoms with Gasteiger partial charge >= 0.3 is 0 Å². The first-order chi connectivity index (χ1) is 10.5. The van der Waals surface area contributed by atoms with E-state index in [9.17, 15) is 9.59 Å². The highest BCUT2D eigenvalue weighted by molar-refractivity contribution is 7.20. The molecule has 3 rings (SSSR count). The average molecular weight is 317 g/mol. The van der Waals surface area contributed by atoms with Crippen molar-refractivity contribution in [2.24, 2.45) is 7.05 Å². The Balaban J connectivity index is 1.97. The summed E-state index contributed by atoms with van der Waals surface area (Å²) in [6, 6.07) is 3.56. The number of amides is 1. The molecule has 7 heteroatoms. The molecule has 0 saturated heterocycles. The van der Waals surface area contributed by atoms with E-state index >= 15 is 0 Å². The standard InChI is InChI=1S/C15H15N3O3S/c1-8-11-14(17-9(2)18(3)15(11)20)22-12(8)13(19)16-7-10-5-4-6-21-10/h4-6H,7H2,1-3H3,(H,16,19). The second-order valence-electron chi connectivity index (χ2n) is 5.02. The van der Waals surface area contributed by atoms with E-state index in [4.69, 9.17) is 4.42 Å². The van der Waals surface area contributed by atoms with Gasteiger partial charge < -0.3 is 9.73 Å². The molecule has 0 bridgehead atoms. The van der Waals surface area contributed by atoms with E-state index in [1.807, 2.05) is 0 Å². The molecule has 0 saturated carbocycles. The number of aryl methyl sites for hydroxylation is 2. The molecule has 0 unspecified atom stereocenters. The number of hydrogen-bond acceptors (Lipinski definition) is 5. The van der Waals surface area contributed by atoms with E-state index in [2.05, 4.69) is 10.3 Å². The zero-order valence-electron chi connectivity index (χ0n) is 12.5. The van der Waals surface area contributed by atoms with Crippen LogP contribution >= 0.6 is 11.3 Å². The highest BCUT2D eigenvalue weighted by Gasteiger charge is 2.19. The fraction of sp³-hybridized carbons (Fsp3) is 0.267. The molecule has 3 aromatic rings. The molecule has 1 amide bonds. The van der Waals surface area contributed by atoms with Crippen LogP contribution < -0.4 is 10.9 Å². The summed E-state index contributed by atoms with van der Waals surface area (Å²) in [6.07, 6.45) is 1.56. The fourth-order valence-corrected chi connectivity index (χ4v) is 3.38. The Kier molecular flexibility index (Phi) is 3.58. The zero-order chi connectivity index (χ0) is 15.9. The third-order valence-corrected chi connectivity index (χ3v) is 4.79. The summed E-state index contributed by atoms with van der Waals surface area (Å²) >= 11 is 1.24. The third-order valence-electron chi connectivity index (χ3n) is 3.60. The molecule has 0 aliphatic rings. The molecule has 0 aromatic carbocycles. The Morgan fingerprint density at radius 1 is 1.45 bits per heavy atom. The van der Waals surface area contributed by atoms with Crippen LogP contribution in [0.15, 0.2) is 27.6 Å². The number of carbonyl (C=O) groups excluding carboxylic acids is 1. The van der Waals surface area contributed by atoms with Crippen molar-refractivity contribution >= 4 is 27.5 Å². The Morgan fingerprint density at radius 2 is 2.23 bits per heavy atom. The number of furan rings is 1. The van der Waals surface area contributed by atoms with Gasteiger partial charge in [0.15, 0.2) is 0 Å². The SMILES string of the molecule is Cc1c(C(=O)NCc2ccco2)sc2nc(C)n(C)c(=O)c12. The molecular formula is C15H15N3O3S. The number of fused-ring (bicyclic) bond motifs is 1. The minimum atomic E-state index is -0.225. The number of nitrogens with one attached hydrogen (secondary N) is 1. The maximum Gasteiger partial charge on any atom is 0.262 e. The van der Waals surface area contributed by atoms with Crippen molar-refractivity contribution in [1.29, 1.82) is 0 Å². The molecule has 0 spiro atoms. The lowest BCUT2D eigenvalue weighted by Crippen LogP contribution is -2.23. The van der Waals surface area contributed by atoms with E-state index in [0.717, 1.165) is 0 Å². The number of rotatable bonds is 3. The van der Waals surface area contributed by atoms with Crippen molar-refractivity contribution < 1.29 is 9.21 Å². The van der Waals surface area contributed by atoms with Crippen LogP contribution in [0.1, 0.15) is 26.8 Å². The van der Waals surface area contributed by atoms with Gasteiger partial charge in [0.05, 0.1) is 23.1 Å². The summed E-state index contributed by atoms with van der Waals surface area (Å²) in [5, 5.41) is 3.31. The molecule has 22 heavy (non-hydrogen) atoms. The smallest absolute Gasteiger partial charge is 0.262 e. The third kappa shape index (κ3) is 2.33. The summed E-state index contributed by atoms with van der Waals surface area (Å²) in [4.78, 5) is 30.2. The second kappa shape index (κ2) is 5.42. The van der Waals surface area contributed by atoms with Crippen LogP contribution in [-0.2, 0) is 13.6 Å². The van der Waals surface area contributed by atoms with E-state index in [0.29, 0.717) is 38.8 Å². The lowest BCUT2D eigenvalue weighted by molar-refractivity contribution is 0.0951.